The minimum absolute atomic E-state index is 0.148. The third kappa shape index (κ3) is 5.51. The van der Waals surface area contributed by atoms with E-state index in [1.807, 2.05) is 0 Å². The van der Waals surface area contributed by atoms with Gasteiger partial charge in [-0.25, -0.2) is 0 Å². The smallest absolute Gasteiger partial charge is 0.224 e. The van der Waals surface area contributed by atoms with E-state index in [4.69, 9.17) is 4.74 Å². The third-order valence-corrected chi connectivity index (χ3v) is 6.22. The Labute approximate surface area is 155 Å². The standard InChI is InChI=1S/C19H31N3O2S/c1-24-11-7-20-19(23)17-3-2-8-22(14-17)18-4-9-21(10-5-18)13-16-6-12-25-15-16/h6,12,15,17-18H,2-5,7-11,13-14H2,1H3,(H,20,23)/t17-/m0/s1. The lowest BCUT2D eigenvalue weighted by molar-refractivity contribution is -0.127. The van der Waals surface area contributed by atoms with Crippen LogP contribution in [-0.2, 0) is 16.1 Å². The van der Waals surface area contributed by atoms with E-state index < -0.39 is 0 Å². The summed E-state index contributed by atoms with van der Waals surface area (Å²) in [7, 11) is 1.67. The zero-order chi connectivity index (χ0) is 17.5. The Morgan fingerprint density at radius 1 is 1.32 bits per heavy atom. The number of piperidine rings is 2. The van der Waals surface area contributed by atoms with Gasteiger partial charge in [0.05, 0.1) is 12.5 Å². The number of nitrogens with zero attached hydrogens (tertiary/aromatic N) is 2. The highest BCUT2D eigenvalue weighted by molar-refractivity contribution is 7.07. The molecule has 6 heteroatoms. The average molecular weight is 366 g/mol. The number of carbonyl (C=O) groups excluding carboxylic acids is 1. The van der Waals surface area contributed by atoms with E-state index >= 15 is 0 Å². The Morgan fingerprint density at radius 3 is 2.88 bits per heavy atom. The third-order valence-electron chi connectivity index (χ3n) is 5.49. The fourth-order valence-electron chi connectivity index (χ4n) is 4.06. The molecule has 2 saturated heterocycles. The Balaban J connectivity index is 1.42. The van der Waals surface area contributed by atoms with Gasteiger partial charge in [0.1, 0.15) is 0 Å². The first-order chi connectivity index (χ1) is 12.3. The van der Waals surface area contributed by atoms with Gasteiger partial charge in [-0.2, -0.15) is 11.3 Å². The van der Waals surface area contributed by atoms with Crippen molar-refractivity contribution in [3.63, 3.8) is 0 Å². The van der Waals surface area contributed by atoms with Crippen molar-refractivity contribution in [3.8, 4) is 0 Å². The minimum Gasteiger partial charge on any atom is -0.383 e. The first kappa shape index (κ1) is 18.8. The molecule has 0 bridgehead atoms. The average Bonchev–Trinajstić information content (AvgIpc) is 3.16. The van der Waals surface area contributed by atoms with E-state index in [2.05, 4.69) is 31.9 Å². The van der Waals surface area contributed by atoms with Crippen LogP contribution in [-0.4, -0.2) is 68.2 Å². The number of hydrogen-bond acceptors (Lipinski definition) is 5. The van der Waals surface area contributed by atoms with Crippen LogP contribution in [0.5, 0.6) is 0 Å². The lowest BCUT2D eigenvalue weighted by Gasteiger charge is -2.42. The van der Waals surface area contributed by atoms with Crippen LogP contribution in [0.1, 0.15) is 31.2 Å². The summed E-state index contributed by atoms with van der Waals surface area (Å²) < 4.78 is 5.01. The topological polar surface area (TPSA) is 44.8 Å². The largest absolute Gasteiger partial charge is 0.383 e. The number of hydrogen-bond donors (Lipinski definition) is 1. The summed E-state index contributed by atoms with van der Waals surface area (Å²) in [5.41, 5.74) is 1.44. The molecule has 1 N–H and O–H groups in total. The summed E-state index contributed by atoms with van der Waals surface area (Å²) in [4.78, 5) is 17.5. The van der Waals surface area contributed by atoms with E-state index in [-0.39, 0.29) is 11.8 Å². The van der Waals surface area contributed by atoms with Crippen LogP contribution in [0, 0.1) is 5.92 Å². The van der Waals surface area contributed by atoms with Crippen LogP contribution in [0.3, 0.4) is 0 Å². The maximum absolute atomic E-state index is 12.3. The van der Waals surface area contributed by atoms with Crippen molar-refractivity contribution >= 4 is 17.2 Å². The van der Waals surface area contributed by atoms with Crippen molar-refractivity contribution in [3.05, 3.63) is 22.4 Å². The molecule has 1 atom stereocenters. The van der Waals surface area contributed by atoms with E-state index in [1.54, 1.807) is 18.4 Å². The highest BCUT2D eigenvalue weighted by atomic mass is 32.1. The Bertz CT molecular complexity index is 515. The molecule has 5 nitrogen and oxygen atoms in total. The molecule has 2 aliphatic rings. The number of nitrogens with one attached hydrogen (secondary N) is 1. The number of amides is 1. The molecular weight excluding hydrogens is 334 g/mol. The summed E-state index contributed by atoms with van der Waals surface area (Å²) in [5.74, 6) is 0.353. The van der Waals surface area contributed by atoms with Gasteiger partial charge in [-0.15, -0.1) is 0 Å². The van der Waals surface area contributed by atoms with Crippen LogP contribution in [0.4, 0.5) is 0 Å². The summed E-state index contributed by atoms with van der Waals surface area (Å²) >= 11 is 1.78. The summed E-state index contributed by atoms with van der Waals surface area (Å²) in [6.07, 6.45) is 4.61. The minimum atomic E-state index is 0.148. The van der Waals surface area contributed by atoms with Gasteiger partial charge in [-0.3, -0.25) is 14.6 Å². The van der Waals surface area contributed by atoms with Crippen molar-refractivity contribution in [2.45, 2.75) is 38.3 Å². The van der Waals surface area contributed by atoms with E-state index in [1.165, 1.54) is 31.5 Å². The van der Waals surface area contributed by atoms with Gasteiger partial charge in [0.2, 0.25) is 5.91 Å². The monoisotopic (exact) mass is 365 g/mol. The van der Waals surface area contributed by atoms with Crippen LogP contribution in [0.2, 0.25) is 0 Å². The van der Waals surface area contributed by atoms with E-state index in [0.717, 1.165) is 32.5 Å². The first-order valence-electron chi connectivity index (χ1n) is 9.50. The van der Waals surface area contributed by atoms with Crippen molar-refractivity contribution in [1.29, 1.82) is 0 Å². The molecular formula is C19H31N3O2S. The predicted molar refractivity (Wildman–Crippen MR) is 102 cm³/mol. The molecule has 0 unspecified atom stereocenters. The molecule has 140 valence electrons. The van der Waals surface area contributed by atoms with Crippen LogP contribution in [0.25, 0.3) is 0 Å². The molecule has 0 aromatic carbocycles. The normalized spacial score (nSPS) is 23.6. The summed E-state index contributed by atoms with van der Waals surface area (Å²) in [6, 6.07) is 2.88. The highest BCUT2D eigenvalue weighted by Gasteiger charge is 2.31. The van der Waals surface area contributed by atoms with Crippen LogP contribution < -0.4 is 5.32 Å². The van der Waals surface area contributed by atoms with Crippen molar-refractivity contribution in [2.24, 2.45) is 5.92 Å². The SMILES string of the molecule is COCCNC(=O)[C@H]1CCCN(C2CCN(Cc3ccsc3)CC2)C1. The van der Waals surface area contributed by atoms with Crippen molar-refractivity contribution in [1.82, 2.24) is 15.1 Å². The Kier molecular flexibility index (Phi) is 7.28. The summed E-state index contributed by atoms with van der Waals surface area (Å²) in [6.45, 7) is 6.70. The van der Waals surface area contributed by atoms with Gasteiger partial charge >= 0.3 is 0 Å². The second-order valence-corrected chi connectivity index (χ2v) is 8.04. The first-order valence-corrected chi connectivity index (χ1v) is 10.4. The van der Waals surface area contributed by atoms with Gasteiger partial charge in [-0.05, 0) is 67.7 Å². The number of rotatable bonds is 7. The molecule has 0 spiro atoms. The zero-order valence-electron chi connectivity index (χ0n) is 15.3. The molecule has 0 saturated carbocycles. The molecule has 2 fully saturated rings. The highest BCUT2D eigenvalue weighted by Crippen LogP contribution is 2.25. The van der Waals surface area contributed by atoms with Gasteiger partial charge in [0.15, 0.2) is 0 Å². The lowest BCUT2D eigenvalue weighted by atomic mass is 9.93. The fraction of sp³-hybridized carbons (Fsp3) is 0.737. The van der Waals surface area contributed by atoms with Crippen LogP contribution in [0.15, 0.2) is 16.8 Å². The van der Waals surface area contributed by atoms with E-state index in [0.29, 0.717) is 19.2 Å². The van der Waals surface area contributed by atoms with Gasteiger partial charge in [0.25, 0.3) is 0 Å². The van der Waals surface area contributed by atoms with Gasteiger partial charge in [0, 0.05) is 32.8 Å². The van der Waals surface area contributed by atoms with E-state index in [9.17, 15) is 4.79 Å². The molecule has 3 rings (SSSR count). The summed E-state index contributed by atoms with van der Waals surface area (Å²) in [5, 5.41) is 7.42. The number of likely N-dealkylation sites (tertiary alicyclic amines) is 2. The fourth-order valence-corrected chi connectivity index (χ4v) is 4.72. The maximum atomic E-state index is 12.3. The molecule has 25 heavy (non-hydrogen) atoms. The molecule has 1 amide bonds. The second kappa shape index (κ2) is 9.67. The van der Waals surface area contributed by atoms with Gasteiger partial charge < -0.3 is 10.1 Å². The van der Waals surface area contributed by atoms with Gasteiger partial charge in [-0.1, -0.05) is 0 Å². The number of methoxy groups -OCH3 is 1. The quantitative estimate of drug-likeness (QED) is 0.753. The van der Waals surface area contributed by atoms with Crippen molar-refractivity contribution in [2.75, 3.05) is 46.4 Å². The maximum Gasteiger partial charge on any atom is 0.224 e. The number of ether oxygens (including phenoxy) is 1. The van der Waals surface area contributed by atoms with Crippen molar-refractivity contribution < 1.29 is 9.53 Å². The predicted octanol–water partition coefficient (Wildman–Crippen LogP) is 2.19. The molecule has 1 aromatic rings. The molecule has 2 aliphatic heterocycles. The molecule has 3 heterocycles. The lowest BCUT2D eigenvalue weighted by Crippen LogP contribution is -2.50. The Morgan fingerprint density at radius 2 is 2.16 bits per heavy atom. The Hall–Kier alpha value is -0.950. The number of carbonyl (C=O) groups is 1. The molecule has 0 radical (unpaired) electrons. The second-order valence-electron chi connectivity index (χ2n) is 7.26. The molecule has 1 aromatic heterocycles. The molecule has 0 aliphatic carbocycles. The number of thiophene rings is 1. The zero-order valence-corrected chi connectivity index (χ0v) is 16.1. The van der Waals surface area contributed by atoms with Crippen LogP contribution >= 0.6 is 11.3 Å².